The number of ether oxygens (including phenoxy) is 1. The molecule has 0 amide bonds. The van der Waals surface area contributed by atoms with Gasteiger partial charge in [-0.05, 0) is 31.1 Å². The lowest BCUT2D eigenvalue weighted by Crippen LogP contribution is -2.57. The minimum absolute atomic E-state index is 0.661. The van der Waals surface area contributed by atoms with Crippen LogP contribution in [0.2, 0.25) is 0 Å². The normalized spacial score (nSPS) is 24.8. The highest BCUT2D eigenvalue weighted by Crippen LogP contribution is 2.16. The van der Waals surface area contributed by atoms with Gasteiger partial charge in [0.15, 0.2) is 0 Å². The molecule has 3 nitrogen and oxygen atoms in total. The van der Waals surface area contributed by atoms with Gasteiger partial charge in [0.25, 0.3) is 0 Å². The van der Waals surface area contributed by atoms with Crippen LogP contribution in [0.3, 0.4) is 0 Å². The number of nitrogens with zero attached hydrogens (tertiary/aromatic N) is 1. The fraction of sp³-hybridized carbons (Fsp3) is 1.00. The largest absolute Gasteiger partial charge is 0.380 e. The Morgan fingerprint density at radius 2 is 1.90 bits per heavy atom. The van der Waals surface area contributed by atoms with E-state index in [2.05, 4.69) is 44.8 Å². The Bertz CT molecular complexity index is 243. The van der Waals surface area contributed by atoms with E-state index in [4.69, 9.17) is 4.74 Å². The van der Waals surface area contributed by atoms with Crippen molar-refractivity contribution in [2.45, 2.75) is 66.0 Å². The highest BCUT2D eigenvalue weighted by Gasteiger charge is 2.26. The molecule has 0 saturated carbocycles. The first kappa shape index (κ1) is 17.9. The van der Waals surface area contributed by atoms with Crippen LogP contribution in [0.25, 0.3) is 0 Å². The van der Waals surface area contributed by atoms with E-state index in [0.717, 1.165) is 38.1 Å². The van der Waals surface area contributed by atoms with Crippen molar-refractivity contribution in [1.82, 2.24) is 10.2 Å². The molecule has 1 N–H and O–H groups in total. The lowest BCUT2D eigenvalue weighted by Gasteiger charge is -2.41. The van der Waals surface area contributed by atoms with Gasteiger partial charge in [0.2, 0.25) is 0 Å². The van der Waals surface area contributed by atoms with Crippen LogP contribution in [0.1, 0.15) is 53.9 Å². The standard InChI is InChI=1S/C17H36N2O/c1-6-16-13-19(8-10-20-9-7-14(2)3)17(12-18-16)11-15(4)5/h14-18H,6-13H2,1-5H3. The lowest BCUT2D eigenvalue weighted by molar-refractivity contribution is 0.0548. The van der Waals surface area contributed by atoms with Crippen LogP contribution in [0.15, 0.2) is 0 Å². The summed E-state index contributed by atoms with van der Waals surface area (Å²) < 4.78 is 5.81. The highest BCUT2D eigenvalue weighted by atomic mass is 16.5. The van der Waals surface area contributed by atoms with Crippen molar-refractivity contribution < 1.29 is 4.74 Å². The van der Waals surface area contributed by atoms with E-state index in [1.165, 1.54) is 25.8 Å². The van der Waals surface area contributed by atoms with E-state index < -0.39 is 0 Å². The molecule has 2 atom stereocenters. The zero-order valence-corrected chi connectivity index (χ0v) is 14.3. The molecule has 120 valence electrons. The van der Waals surface area contributed by atoms with Gasteiger partial charge in [-0.1, -0.05) is 34.6 Å². The third kappa shape index (κ3) is 7.05. The topological polar surface area (TPSA) is 24.5 Å². The predicted molar refractivity (Wildman–Crippen MR) is 87.2 cm³/mol. The van der Waals surface area contributed by atoms with Crippen molar-refractivity contribution in [2.75, 3.05) is 32.8 Å². The first-order chi connectivity index (χ1) is 9.52. The van der Waals surface area contributed by atoms with Gasteiger partial charge in [0, 0.05) is 38.3 Å². The molecule has 0 bridgehead atoms. The number of hydrogen-bond acceptors (Lipinski definition) is 3. The average molecular weight is 284 g/mol. The molecule has 1 aliphatic heterocycles. The average Bonchev–Trinajstić information content (AvgIpc) is 2.39. The molecular formula is C17H36N2O. The summed E-state index contributed by atoms with van der Waals surface area (Å²) in [5.74, 6) is 1.51. The van der Waals surface area contributed by atoms with E-state index in [0.29, 0.717) is 12.1 Å². The monoisotopic (exact) mass is 284 g/mol. The summed E-state index contributed by atoms with van der Waals surface area (Å²) in [6.07, 6.45) is 3.68. The van der Waals surface area contributed by atoms with E-state index >= 15 is 0 Å². The fourth-order valence-electron chi connectivity index (χ4n) is 2.86. The maximum atomic E-state index is 5.81. The van der Waals surface area contributed by atoms with Crippen LogP contribution in [0.4, 0.5) is 0 Å². The maximum Gasteiger partial charge on any atom is 0.0593 e. The van der Waals surface area contributed by atoms with Crippen molar-refractivity contribution in [1.29, 1.82) is 0 Å². The Hall–Kier alpha value is -0.120. The van der Waals surface area contributed by atoms with E-state index in [1.807, 2.05) is 0 Å². The molecular weight excluding hydrogens is 248 g/mol. The molecule has 0 aromatic carbocycles. The van der Waals surface area contributed by atoms with Crippen LogP contribution < -0.4 is 5.32 Å². The second-order valence-corrected chi connectivity index (χ2v) is 7.09. The minimum atomic E-state index is 0.661. The maximum absolute atomic E-state index is 5.81. The Kier molecular flexibility index (Phi) is 8.74. The number of nitrogens with one attached hydrogen (secondary N) is 1. The predicted octanol–water partition coefficient (Wildman–Crippen LogP) is 3.15. The third-order valence-electron chi connectivity index (χ3n) is 4.21. The van der Waals surface area contributed by atoms with Gasteiger partial charge in [-0.2, -0.15) is 0 Å². The fourth-order valence-corrected chi connectivity index (χ4v) is 2.86. The van der Waals surface area contributed by atoms with E-state index in [9.17, 15) is 0 Å². The van der Waals surface area contributed by atoms with Gasteiger partial charge in [-0.25, -0.2) is 0 Å². The molecule has 2 unspecified atom stereocenters. The smallest absolute Gasteiger partial charge is 0.0593 e. The Morgan fingerprint density at radius 1 is 1.15 bits per heavy atom. The number of rotatable bonds is 9. The van der Waals surface area contributed by atoms with Gasteiger partial charge in [-0.15, -0.1) is 0 Å². The van der Waals surface area contributed by atoms with Crippen LogP contribution in [-0.4, -0.2) is 49.8 Å². The summed E-state index contributed by atoms with van der Waals surface area (Å²) in [4.78, 5) is 2.65. The first-order valence-corrected chi connectivity index (χ1v) is 8.58. The van der Waals surface area contributed by atoms with E-state index in [1.54, 1.807) is 0 Å². The van der Waals surface area contributed by atoms with Crippen molar-refractivity contribution in [2.24, 2.45) is 11.8 Å². The molecule has 1 aliphatic rings. The number of piperazine rings is 1. The number of hydrogen-bond donors (Lipinski definition) is 1. The third-order valence-corrected chi connectivity index (χ3v) is 4.21. The molecule has 3 heteroatoms. The lowest BCUT2D eigenvalue weighted by atomic mass is 9.98. The Labute approximate surface area is 126 Å². The summed E-state index contributed by atoms with van der Waals surface area (Å²) >= 11 is 0. The van der Waals surface area contributed by atoms with Crippen molar-refractivity contribution in [3.63, 3.8) is 0 Å². The van der Waals surface area contributed by atoms with Crippen LogP contribution >= 0.6 is 0 Å². The quantitative estimate of drug-likeness (QED) is 0.658. The molecule has 0 spiro atoms. The Morgan fingerprint density at radius 3 is 2.50 bits per heavy atom. The molecule has 0 radical (unpaired) electrons. The zero-order chi connectivity index (χ0) is 15.0. The van der Waals surface area contributed by atoms with Gasteiger partial charge < -0.3 is 10.1 Å². The molecule has 0 aliphatic carbocycles. The Balaban J connectivity index is 2.31. The molecule has 20 heavy (non-hydrogen) atoms. The summed E-state index contributed by atoms with van der Waals surface area (Å²) in [5.41, 5.74) is 0. The molecule has 1 fully saturated rings. The second kappa shape index (κ2) is 9.75. The van der Waals surface area contributed by atoms with Gasteiger partial charge >= 0.3 is 0 Å². The van der Waals surface area contributed by atoms with Crippen molar-refractivity contribution >= 4 is 0 Å². The van der Waals surface area contributed by atoms with E-state index in [-0.39, 0.29) is 0 Å². The van der Waals surface area contributed by atoms with Crippen LogP contribution in [-0.2, 0) is 4.74 Å². The summed E-state index contributed by atoms with van der Waals surface area (Å²) in [6.45, 7) is 16.6. The van der Waals surface area contributed by atoms with Gasteiger partial charge in [0.1, 0.15) is 0 Å². The molecule has 1 saturated heterocycles. The summed E-state index contributed by atoms with van der Waals surface area (Å²) in [7, 11) is 0. The molecule has 1 heterocycles. The summed E-state index contributed by atoms with van der Waals surface area (Å²) in [5, 5.41) is 3.69. The van der Waals surface area contributed by atoms with Crippen LogP contribution in [0, 0.1) is 11.8 Å². The summed E-state index contributed by atoms with van der Waals surface area (Å²) in [6, 6.07) is 1.35. The van der Waals surface area contributed by atoms with Gasteiger partial charge in [0.05, 0.1) is 6.61 Å². The zero-order valence-electron chi connectivity index (χ0n) is 14.3. The SMILES string of the molecule is CCC1CN(CCOCCC(C)C)C(CC(C)C)CN1. The van der Waals surface area contributed by atoms with Gasteiger partial charge in [-0.3, -0.25) is 4.90 Å². The second-order valence-electron chi connectivity index (χ2n) is 7.09. The van der Waals surface area contributed by atoms with Crippen LogP contribution in [0.5, 0.6) is 0 Å². The van der Waals surface area contributed by atoms with Crippen molar-refractivity contribution in [3.05, 3.63) is 0 Å². The van der Waals surface area contributed by atoms with Crippen molar-refractivity contribution in [3.8, 4) is 0 Å². The highest BCUT2D eigenvalue weighted by molar-refractivity contribution is 4.86. The molecule has 0 aromatic heterocycles. The molecule has 0 aromatic rings. The first-order valence-electron chi connectivity index (χ1n) is 8.58. The minimum Gasteiger partial charge on any atom is -0.380 e. The molecule has 1 rings (SSSR count).